The first kappa shape index (κ1) is 25.1. The lowest BCUT2D eigenvalue weighted by Crippen LogP contribution is -2.01. The van der Waals surface area contributed by atoms with E-state index < -0.39 is 4.92 Å². The van der Waals surface area contributed by atoms with Gasteiger partial charge < -0.3 is 14.3 Å². The zero-order valence-corrected chi connectivity index (χ0v) is 19.1. The van der Waals surface area contributed by atoms with Crippen molar-refractivity contribution >= 4 is 58.3 Å². The quantitative estimate of drug-likeness (QED) is 0.136. The first-order valence-corrected chi connectivity index (χ1v) is 10.5. The van der Waals surface area contributed by atoms with Gasteiger partial charge in [-0.2, -0.15) is 0 Å². The van der Waals surface area contributed by atoms with Crippen LogP contribution in [0.1, 0.15) is 18.4 Å². The molecule has 0 aliphatic carbocycles. The van der Waals surface area contributed by atoms with Gasteiger partial charge in [-0.15, -0.1) is 0 Å². The van der Waals surface area contributed by atoms with Crippen LogP contribution in [-0.4, -0.2) is 31.0 Å². The average molecular weight is 508 g/mol. The highest BCUT2D eigenvalue weighted by Gasteiger charge is 2.10. The minimum Gasteiger partial charge on any atom is -0.490 e. The normalized spacial score (nSPS) is 10.7. The number of nitro benzene ring substituents is 1. The van der Waals surface area contributed by atoms with Crippen LogP contribution in [0.25, 0.3) is 0 Å². The van der Waals surface area contributed by atoms with Crippen molar-refractivity contribution in [1.82, 2.24) is 0 Å². The summed E-state index contributed by atoms with van der Waals surface area (Å²) >= 11 is 23.5. The highest BCUT2D eigenvalue weighted by molar-refractivity contribution is 6.55. The van der Waals surface area contributed by atoms with E-state index in [0.717, 1.165) is 0 Å². The van der Waals surface area contributed by atoms with E-state index in [1.807, 2.05) is 0 Å². The number of non-ortho nitro benzene ring substituents is 1. The summed E-state index contributed by atoms with van der Waals surface area (Å²) in [7, 11) is 0. The van der Waals surface area contributed by atoms with Gasteiger partial charge in [0.1, 0.15) is 23.5 Å². The number of hydrogen-bond donors (Lipinski definition) is 0. The summed E-state index contributed by atoms with van der Waals surface area (Å²) in [6, 6.07) is 9.17. The molecular weight excluding hydrogens is 490 g/mol. The molecule has 11 heteroatoms. The molecule has 0 aliphatic heterocycles. The van der Waals surface area contributed by atoms with Crippen LogP contribution in [0.4, 0.5) is 5.69 Å². The van der Waals surface area contributed by atoms with Gasteiger partial charge in [-0.25, -0.2) is 0 Å². The van der Waals surface area contributed by atoms with Crippen LogP contribution in [0.15, 0.2) is 52.1 Å². The number of unbranched alkanes of at least 4 members (excludes halogenated alkanes) is 1. The highest BCUT2D eigenvalue weighted by atomic mass is 35.5. The van der Waals surface area contributed by atoms with Crippen molar-refractivity contribution < 1.29 is 19.2 Å². The Labute approximate surface area is 199 Å². The zero-order valence-electron chi connectivity index (χ0n) is 16.1. The van der Waals surface area contributed by atoms with Gasteiger partial charge in [0.25, 0.3) is 5.69 Å². The van der Waals surface area contributed by atoms with Gasteiger partial charge in [0, 0.05) is 24.3 Å². The molecule has 0 unspecified atom stereocenters. The number of benzene rings is 2. The van der Waals surface area contributed by atoms with Crippen LogP contribution in [0.2, 0.25) is 10.0 Å². The maximum atomic E-state index is 10.6. The maximum absolute atomic E-state index is 10.6. The minimum absolute atomic E-state index is 0.0221. The summed E-state index contributed by atoms with van der Waals surface area (Å²) < 4.78 is 11.2. The number of halogens is 4. The van der Waals surface area contributed by atoms with Gasteiger partial charge in [-0.1, -0.05) is 51.6 Å². The van der Waals surface area contributed by atoms with Gasteiger partial charge >= 0.3 is 0 Å². The second-order valence-electron chi connectivity index (χ2n) is 5.99. The summed E-state index contributed by atoms with van der Waals surface area (Å²) in [5.74, 6) is 0.839. The molecule has 0 saturated carbocycles. The van der Waals surface area contributed by atoms with Crippen LogP contribution in [0.5, 0.6) is 11.5 Å². The van der Waals surface area contributed by atoms with Crippen LogP contribution in [-0.2, 0) is 4.84 Å². The van der Waals surface area contributed by atoms with Crippen LogP contribution >= 0.6 is 46.4 Å². The summed E-state index contributed by atoms with van der Waals surface area (Å²) in [5, 5.41) is 15.1. The van der Waals surface area contributed by atoms with E-state index >= 15 is 0 Å². The Morgan fingerprint density at radius 1 is 1.03 bits per heavy atom. The van der Waals surface area contributed by atoms with E-state index in [2.05, 4.69) is 5.16 Å². The van der Waals surface area contributed by atoms with E-state index in [1.54, 1.807) is 24.3 Å². The second-order valence-corrected chi connectivity index (χ2v) is 7.82. The lowest BCUT2D eigenvalue weighted by atomic mass is 10.2. The van der Waals surface area contributed by atoms with E-state index in [0.29, 0.717) is 53.2 Å². The molecule has 2 aromatic carbocycles. The van der Waals surface area contributed by atoms with E-state index in [1.165, 1.54) is 24.4 Å². The molecule has 7 nitrogen and oxygen atoms in total. The van der Waals surface area contributed by atoms with Crippen molar-refractivity contribution in [3.05, 3.63) is 72.7 Å². The molecule has 0 spiro atoms. The van der Waals surface area contributed by atoms with Gasteiger partial charge in [0.05, 0.1) is 27.8 Å². The molecule has 0 N–H and O–H groups in total. The van der Waals surface area contributed by atoms with Crippen molar-refractivity contribution in [3.8, 4) is 11.5 Å². The van der Waals surface area contributed by atoms with Crippen molar-refractivity contribution in [2.75, 3.05) is 19.8 Å². The van der Waals surface area contributed by atoms with Crippen molar-refractivity contribution in [1.29, 1.82) is 0 Å². The molecule has 0 amide bonds. The molecule has 0 fully saturated rings. The molecule has 2 rings (SSSR count). The Bertz CT molecular complexity index is 909. The SMILES string of the molecule is O=[N+]([O-])c1ccc(C=NOCCCCOc2c(Cl)cc(OCC=C(Cl)Cl)cc2Cl)cc1. The molecule has 0 heterocycles. The Morgan fingerprint density at radius 2 is 1.68 bits per heavy atom. The van der Waals surface area contributed by atoms with Crippen molar-refractivity contribution in [3.63, 3.8) is 0 Å². The number of nitrogens with zero attached hydrogens (tertiary/aromatic N) is 2. The fourth-order valence-corrected chi connectivity index (χ4v) is 2.94. The van der Waals surface area contributed by atoms with E-state index in [4.69, 9.17) is 60.7 Å². The molecule has 0 bridgehead atoms. The summed E-state index contributed by atoms with van der Waals surface area (Å²) in [6.07, 6.45) is 4.37. The number of hydrogen-bond acceptors (Lipinski definition) is 6. The molecule has 0 aromatic heterocycles. The minimum atomic E-state index is -0.459. The first-order valence-electron chi connectivity index (χ1n) is 9.02. The molecule has 0 saturated heterocycles. The van der Waals surface area contributed by atoms with Gasteiger partial charge in [0.2, 0.25) is 0 Å². The van der Waals surface area contributed by atoms with Crippen molar-refractivity contribution in [2.45, 2.75) is 12.8 Å². The zero-order chi connectivity index (χ0) is 22.6. The standard InChI is InChI=1S/C20H18Cl4N2O5/c21-17-11-16(29-10-7-19(23)24)12-18(22)20(17)30-8-1-2-9-31-25-13-14-3-5-15(6-4-14)26(27)28/h3-7,11-13H,1-2,8-10H2. The number of nitro groups is 1. The second kappa shape index (κ2) is 13.3. The molecule has 0 atom stereocenters. The monoisotopic (exact) mass is 506 g/mol. The fourth-order valence-electron chi connectivity index (χ4n) is 2.23. The summed E-state index contributed by atoms with van der Waals surface area (Å²) in [5.41, 5.74) is 0.723. The number of ether oxygens (including phenoxy) is 2. The Morgan fingerprint density at radius 3 is 2.29 bits per heavy atom. The lowest BCUT2D eigenvalue weighted by molar-refractivity contribution is -0.384. The average Bonchev–Trinajstić information content (AvgIpc) is 2.71. The topological polar surface area (TPSA) is 83.2 Å². The molecule has 31 heavy (non-hydrogen) atoms. The Kier molecular flexibility index (Phi) is 10.7. The van der Waals surface area contributed by atoms with E-state index in [9.17, 15) is 10.1 Å². The third kappa shape index (κ3) is 9.23. The molecule has 2 aromatic rings. The number of oxime groups is 1. The Balaban J connectivity index is 1.68. The largest absolute Gasteiger partial charge is 0.490 e. The Hall–Kier alpha value is -2.19. The molecule has 0 aliphatic rings. The summed E-state index contributed by atoms with van der Waals surface area (Å²) in [4.78, 5) is 15.3. The van der Waals surface area contributed by atoms with Gasteiger partial charge in [-0.05, 0) is 36.6 Å². The predicted molar refractivity (Wildman–Crippen MR) is 123 cm³/mol. The first-order chi connectivity index (χ1) is 14.9. The smallest absolute Gasteiger partial charge is 0.269 e. The molecule has 166 valence electrons. The fraction of sp³-hybridized carbons (Fsp3) is 0.250. The maximum Gasteiger partial charge on any atom is 0.269 e. The van der Waals surface area contributed by atoms with Crippen molar-refractivity contribution in [2.24, 2.45) is 5.16 Å². The highest BCUT2D eigenvalue weighted by Crippen LogP contribution is 2.37. The third-order valence-electron chi connectivity index (χ3n) is 3.72. The van der Waals surface area contributed by atoms with Gasteiger partial charge in [0.15, 0.2) is 5.75 Å². The predicted octanol–water partition coefficient (Wildman–Crippen LogP) is 6.81. The molecular formula is C20H18Cl4N2O5. The van der Waals surface area contributed by atoms with Crippen LogP contribution < -0.4 is 9.47 Å². The lowest BCUT2D eigenvalue weighted by Gasteiger charge is -2.12. The third-order valence-corrected chi connectivity index (χ3v) is 4.59. The summed E-state index contributed by atoms with van der Waals surface area (Å²) in [6.45, 7) is 0.958. The number of rotatable bonds is 12. The van der Waals surface area contributed by atoms with Crippen LogP contribution in [0.3, 0.4) is 0 Å². The van der Waals surface area contributed by atoms with E-state index in [-0.39, 0.29) is 16.8 Å². The van der Waals surface area contributed by atoms with Crippen LogP contribution in [0, 0.1) is 10.1 Å². The van der Waals surface area contributed by atoms with Gasteiger partial charge in [-0.3, -0.25) is 10.1 Å². The molecule has 0 radical (unpaired) electrons.